The van der Waals surface area contributed by atoms with E-state index in [1.807, 2.05) is 67.4 Å². The minimum absolute atomic E-state index is 0. The fraction of sp³-hybridized carbons (Fsp3) is 0.364. The first-order valence-corrected chi connectivity index (χ1v) is 9.49. The van der Waals surface area contributed by atoms with Crippen molar-refractivity contribution in [2.45, 2.75) is 26.4 Å². The van der Waals surface area contributed by atoms with Gasteiger partial charge >= 0.3 is 0 Å². The lowest BCUT2D eigenvalue weighted by Crippen LogP contribution is -2.38. The molecule has 0 aliphatic rings. The molecule has 0 aromatic heterocycles. The minimum Gasteiger partial charge on any atom is -0.496 e. The molecule has 0 aliphatic heterocycles. The molecule has 0 atom stereocenters. The van der Waals surface area contributed by atoms with Gasteiger partial charge < -0.3 is 20.3 Å². The molecule has 7 heteroatoms. The summed E-state index contributed by atoms with van der Waals surface area (Å²) in [5.41, 5.74) is 2.78. The molecule has 1 amide bonds. The molecule has 2 rings (SSSR count). The summed E-state index contributed by atoms with van der Waals surface area (Å²) in [5, 5.41) is 6.26. The number of hydrogen-bond donors (Lipinski definition) is 2. The Labute approximate surface area is 190 Å². The Morgan fingerprint density at radius 1 is 1.14 bits per heavy atom. The number of nitrogens with one attached hydrogen (secondary N) is 2. The van der Waals surface area contributed by atoms with Crippen molar-refractivity contribution in [3.05, 3.63) is 65.2 Å². The summed E-state index contributed by atoms with van der Waals surface area (Å²) in [6, 6.07) is 15.6. The van der Waals surface area contributed by atoms with Crippen LogP contribution in [0.4, 0.5) is 0 Å². The number of carbonyl (C=O) groups excluding carboxylic acids is 1. The van der Waals surface area contributed by atoms with Crippen molar-refractivity contribution < 1.29 is 9.53 Å². The van der Waals surface area contributed by atoms with Crippen molar-refractivity contribution >= 4 is 35.8 Å². The number of aliphatic imine (C=N–C) groups is 1. The van der Waals surface area contributed by atoms with Crippen LogP contribution in [0.3, 0.4) is 0 Å². The highest BCUT2D eigenvalue weighted by molar-refractivity contribution is 14.0. The number of benzene rings is 2. The van der Waals surface area contributed by atoms with Crippen LogP contribution < -0.4 is 15.4 Å². The molecule has 0 saturated heterocycles. The topological polar surface area (TPSA) is 66.0 Å². The molecule has 29 heavy (non-hydrogen) atoms. The van der Waals surface area contributed by atoms with Gasteiger partial charge in [-0.15, -0.1) is 24.0 Å². The molecule has 6 nitrogen and oxygen atoms in total. The molecule has 0 saturated carbocycles. The first-order valence-electron chi connectivity index (χ1n) is 9.49. The molecule has 2 aromatic rings. The molecular formula is C22H31IN4O2. The average Bonchev–Trinajstić information content (AvgIpc) is 2.73. The van der Waals surface area contributed by atoms with E-state index in [1.165, 1.54) is 0 Å². The molecule has 158 valence electrons. The molecule has 0 aliphatic carbocycles. The van der Waals surface area contributed by atoms with Crippen LogP contribution in [0.2, 0.25) is 0 Å². The average molecular weight is 510 g/mol. The zero-order chi connectivity index (χ0) is 20.4. The predicted molar refractivity (Wildman–Crippen MR) is 129 cm³/mol. The zero-order valence-corrected chi connectivity index (χ0v) is 19.9. The number of halogens is 1. The van der Waals surface area contributed by atoms with E-state index < -0.39 is 0 Å². The Morgan fingerprint density at radius 2 is 1.90 bits per heavy atom. The molecule has 0 radical (unpaired) electrons. The van der Waals surface area contributed by atoms with Gasteiger partial charge in [0.05, 0.1) is 7.11 Å². The maximum atomic E-state index is 12.1. The van der Waals surface area contributed by atoms with Gasteiger partial charge in [-0.25, -0.2) is 0 Å². The highest BCUT2D eigenvalue weighted by Gasteiger charge is 2.10. The van der Waals surface area contributed by atoms with Crippen LogP contribution in [0, 0.1) is 0 Å². The van der Waals surface area contributed by atoms with Gasteiger partial charge in [0, 0.05) is 44.9 Å². The zero-order valence-electron chi connectivity index (χ0n) is 17.6. The largest absolute Gasteiger partial charge is 0.496 e. The Bertz CT molecular complexity index is 811. The maximum absolute atomic E-state index is 12.1. The highest BCUT2D eigenvalue weighted by Crippen LogP contribution is 2.18. The molecular weight excluding hydrogens is 479 g/mol. The maximum Gasteiger partial charge on any atom is 0.251 e. The minimum atomic E-state index is -0.0404. The van der Waals surface area contributed by atoms with E-state index in [4.69, 9.17) is 4.74 Å². The van der Waals surface area contributed by atoms with E-state index >= 15 is 0 Å². The Kier molecular flexibility index (Phi) is 11.1. The van der Waals surface area contributed by atoms with E-state index in [1.54, 1.807) is 14.2 Å². The standard InChI is InChI=1S/C22H30N4O2.HI/c1-5-13-24-21(27)18-11-8-9-17(14-18)15-25-22(23-2)26(3)16-19-10-6-7-12-20(19)28-4;/h6-12,14H,5,13,15-16H2,1-4H3,(H,23,25)(H,24,27);1H. The predicted octanol–water partition coefficient (Wildman–Crippen LogP) is 3.66. The van der Waals surface area contributed by atoms with Gasteiger partial charge in [-0.2, -0.15) is 0 Å². The molecule has 0 bridgehead atoms. The van der Waals surface area contributed by atoms with Crippen molar-refractivity contribution in [3.63, 3.8) is 0 Å². The SMILES string of the molecule is CCCNC(=O)c1cccc(CNC(=NC)N(C)Cc2ccccc2OC)c1.I. The van der Waals surface area contributed by atoms with E-state index in [0.717, 1.165) is 29.3 Å². The highest BCUT2D eigenvalue weighted by atomic mass is 127. The number of guanidine groups is 1. The Balaban J connectivity index is 0.00000420. The van der Waals surface area contributed by atoms with Crippen molar-refractivity contribution in [3.8, 4) is 5.75 Å². The van der Waals surface area contributed by atoms with Gasteiger partial charge in [0.2, 0.25) is 0 Å². The van der Waals surface area contributed by atoms with Crippen LogP contribution in [0.1, 0.15) is 34.8 Å². The first kappa shape index (κ1) is 24.7. The van der Waals surface area contributed by atoms with Crippen molar-refractivity contribution in [2.75, 3.05) is 27.7 Å². The fourth-order valence-corrected chi connectivity index (χ4v) is 2.89. The number of ether oxygens (including phenoxy) is 1. The number of carbonyl (C=O) groups is 1. The lowest BCUT2D eigenvalue weighted by atomic mass is 10.1. The fourth-order valence-electron chi connectivity index (χ4n) is 2.89. The van der Waals surface area contributed by atoms with E-state index in [-0.39, 0.29) is 29.9 Å². The van der Waals surface area contributed by atoms with Crippen molar-refractivity contribution in [2.24, 2.45) is 4.99 Å². The normalized spacial score (nSPS) is 10.7. The van der Waals surface area contributed by atoms with Gasteiger partial charge in [-0.3, -0.25) is 9.79 Å². The first-order chi connectivity index (χ1) is 13.6. The van der Waals surface area contributed by atoms with Crippen LogP contribution in [-0.2, 0) is 13.1 Å². The van der Waals surface area contributed by atoms with Crippen molar-refractivity contribution in [1.82, 2.24) is 15.5 Å². The van der Waals surface area contributed by atoms with E-state index in [9.17, 15) is 4.79 Å². The summed E-state index contributed by atoms with van der Waals surface area (Å²) in [4.78, 5) is 18.5. The molecule has 2 aromatic carbocycles. The molecule has 2 N–H and O–H groups in total. The third-order valence-electron chi connectivity index (χ3n) is 4.35. The smallest absolute Gasteiger partial charge is 0.251 e. The summed E-state index contributed by atoms with van der Waals surface area (Å²) in [6.07, 6.45) is 0.918. The lowest BCUT2D eigenvalue weighted by molar-refractivity contribution is 0.0953. The van der Waals surface area contributed by atoms with Crippen LogP contribution >= 0.6 is 24.0 Å². The van der Waals surface area contributed by atoms with Gasteiger partial charge in [0.15, 0.2) is 5.96 Å². The number of nitrogens with zero attached hydrogens (tertiary/aromatic N) is 2. The number of para-hydroxylation sites is 1. The number of methoxy groups -OCH3 is 1. The third kappa shape index (κ3) is 7.56. The van der Waals surface area contributed by atoms with Gasteiger partial charge in [0.25, 0.3) is 5.91 Å². The molecule has 0 spiro atoms. The van der Waals surface area contributed by atoms with Crippen molar-refractivity contribution in [1.29, 1.82) is 0 Å². The lowest BCUT2D eigenvalue weighted by Gasteiger charge is -2.23. The van der Waals surface area contributed by atoms with Crippen LogP contribution in [0.5, 0.6) is 5.75 Å². The van der Waals surface area contributed by atoms with E-state index in [0.29, 0.717) is 25.2 Å². The van der Waals surface area contributed by atoms with Crippen LogP contribution in [-0.4, -0.2) is 44.5 Å². The quantitative estimate of drug-likeness (QED) is 0.323. The van der Waals surface area contributed by atoms with Crippen LogP contribution in [0.15, 0.2) is 53.5 Å². The van der Waals surface area contributed by atoms with Crippen LogP contribution in [0.25, 0.3) is 0 Å². The Hall–Kier alpha value is -2.29. The third-order valence-corrected chi connectivity index (χ3v) is 4.35. The molecule has 0 unspecified atom stereocenters. The monoisotopic (exact) mass is 510 g/mol. The second-order valence-corrected chi connectivity index (χ2v) is 6.52. The van der Waals surface area contributed by atoms with Gasteiger partial charge in [-0.1, -0.05) is 37.3 Å². The molecule has 0 heterocycles. The van der Waals surface area contributed by atoms with Gasteiger partial charge in [0.1, 0.15) is 5.75 Å². The Morgan fingerprint density at radius 3 is 2.59 bits per heavy atom. The number of hydrogen-bond acceptors (Lipinski definition) is 3. The summed E-state index contributed by atoms with van der Waals surface area (Å²) >= 11 is 0. The second kappa shape index (κ2) is 13.0. The number of rotatable bonds is 8. The molecule has 0 fully saturated rings. The summed E-state index contributed by atoms with van der Waals surface area (Å²) < 4.78 is 5.43. The summed E-state index contributed by atoms with van der Waals surface area (Å²) in [6.45, 7) is 3.97. The summed E-state index contributed by atoms with van der Waals surface area (Å²) in [7, 11) is 5.42. The summed E-state index contributed by atoms with van der Waals surface area (Å²) in [5.74, 6) is 1.59. The number of amides is 1. The van der Waals surface area contributed by atoms with Gasteiger partial charge in [-0.05, 0) is 30.2 Å². The van der Waals surface area contributed by atoms with E-state index in [2.05, 4.69) is 15.6 Å². The second-order valence-electron chi connectivity index (χ2n) is 6.52.